The van der Waals surface area contributed by atoms with Gasteiger partial charge in [-0.05, 0) is 48.4 Å². The van der Waals surface area contributed by atoms with Gasteiger partial charge in [-0.3, -0.25) is 4.79 Å². The highest BCUT2D eigenvalue weighted by molar-refractivity contribution is 7.89. The molecule has 0 saturated heterocycles. The number of amides is 1. The third-order valence-corrected chi connectivity index (χ3v) is 6.43. The second-order valence-corrected chi connectivity index (χ2v) is 8.91. The number of rotatable bonds is 6. The Bertz CT molecular complexity index is 1170. The predicted octanol–water partition coefficient (Wildman–Crippen LogP) is 3.31. The fourth-order valence-electron chi connectivity index (χ4n) is 2.84. The molecule has 0 saturated carbocycles. The molecule has 0 aromatic heterocycles. The van der Waals surface area contributed by atoms with Crippen LogP contribution in [0.2, 0.25) is 0 Å². The van der Waals surface area contributed by atoms with E-state index < -0.39 is 15.9 Å². The highest BCUT2D eigenvalue weighted by Gasteiger charge is 2.22. The van der Waals surface area contributed by atoms with Crippen molar-refractivity contribution in [3.63, 3.8) is 0 Å². The maximum absolute atomic E-state index is 12.6. The van der Waals surface area contributed by atoms with Crippen LogP contribution in [0, 0.1) is 6.92 Å². The Kier molecular flexibility index (Phi) is 6.10. The van der Waals surface area contributed by atoms with Crippen molar-refractivity contribution in [2.24, 2.45) is 5.10 Å². The molecule has 3 aromatic rings. The normalized spacial score (nSPS) is 12.3. The Morgan fingerprint density at radius 1 is 1.00 bits per heavy atom. The van der Waals surface area contributed by atoms with Crippen LogP contribution in [0.3, 0.4) is 0 Å². The molecular formula is C22H23N3O3S. The fraction of sp³-hybridized carbons (Fsp3) is 0.182. The summed E-state index contributed by atoms with van der Waals surface area (Å²) < 4.78 is 26.2. The number of carbonyl (C=O) groups excluding carboxylic acids is 1. The summed E-state index contributed by atoms with van der Waals surface area (Å²) in [5.41, 5.74) is 4.91. The van der Waals surface area contributed by atoms with Crippen molar-refractivity contribution in [2.45, 2.75) is 18.7 Å². The molecule has 1 amide bonds. The van der Waals surface area contributed by atoms with Crippen LogP contribution in [0.25, 0.3) is 10.8 Å². The average Bonchev–Trinajstić information content (AvgIpc) is 2.71. The Morgan fingerprint density at radius 2 is 1.66 bits per heavy atom. The average molecular weight is 410 g/mol. The zero-order valence-corrected chi connectivity index (χ0v) is 17.4. The van der Waals surface area contributed by atoms with E-state index in [0.717, 1.165) is 26.2 Å². The minimum Gasteiger partial charge on any atom is -0.272 e. The molecule has 0 unspecified atom stereocenters. The number of likely N-dealkylation sites (N-methyl/N-ethyl adjacent to an activating group) is 1. The summed E-state index contributed by atoms with van der Waals surface area (Å²) in [5.74, 6) is -0.511. The minimum atomic E-state index is -3.74. The first-order valence-electron chi connectivity index (χ1n) is 9.13. The van der Waals surface area contributed by atoms with Gasteiger partial charge >= 0.3 is 0 Å². The zero-order valence-electron chi connectivity index (χ0n) is 16.6. The molecule has 150 valence electrons. The van der Waals surface area contributed by atoms with E-state index >= 15 is 0 Å². The molecule has 0 aliphatic carbocycles. The summed E-state index contributed by atoms with van der Waals surface area (Å²) in [6.07, 6.45) is 0. The number of benzene rings is 3. The van der Waals surface area contributed by atoms with E-state index in [0.29, 0.717) is 5.71 Å². The Morgan fingerprint density at radius 3 is 2.34 bits per heavy atom. The minimum absolute atomic E-state index is 0.147. The first kappa shape index (κ1) is 20.7. The van der Waals surface area contributed by atoms with Gasteiger partial charge in [0, 0.05) is 7.05 Å². The van der Waals surface area contributed by atoms with Crippen LogP contribution in [0.15, 0.2) is 76.7 Å². The number of hydrogen-bond donors (Lipinski definition) is 1. The van der Waals surface area contributed by atoms with Crippen molar-refractivity contribution < 1.29 is 13.2 Å². The van der Waals surface area contributed by atoms with Crippen molar-refractivity contribution in [3.05, 3.63) is 77.9 Å². The molecule has 3 rings (SSSR count). The number of nitrogens with one attached hydrogen (secondary N) is 1. The third kappa shape index (κ3) is 4.88. The van der Waals surface area contributed by atoms with Gasteiger partial charge in [-0.2, -0.15) is 9.41 Å². The van der Waals surface area contributed by atoms with E-state index in [1.54, 1.807) is 19.1 Å². The largest absolute Gasteiger partial charge is 0.272 e. The van der Waals surface area contributed by atoms with Crippen LogP contribution in [-0.2, 0) is 14.8 Å². The van der Waals surface area contributed by atoms with Crippen molar-refractivity contribution in [2.75, 3.05) is 13.6 Å². The monoisotopic (exact) mass is 409 g/mol. The van der Waals surface area contributed by atoms with Gasteiger partial charge in [0.05, 0.1) is 17.2 Å². The van der Waals surface area contributed by atoms with Crippen molar-refractivity contribution in [1.29, 1.82) is 0 Å². The van der Waals surface area contributed by atoms with Gasteiger partial charge < -0.3 is 0 Å². The third-order valence-electron chi connectivity index (χ3n) is 4.61. The lowest BCUT2D eigenvalue weighted by molar-refractivity contribution is -0.121. The van der Waals surface area contributed by atoms with Crippen LogP contribution < -0.4 is 5.43 Å². The number of hydrogen-bond acceptors (Lipinski definition) is 4. The summed E-state index contributed by atoms with van der Waals surface area (Å²) in [7, 11) is -2.37. The lowest BCUT2D eigenvalue weighted by Crippen LogP contribution is -2.36. The van der Waals surface area contributed by atoms with Crippen molar-refractivity contribution in [1.82, 2.24) is 9.73 Å². The lowest BCUT2D eigenvalue weighted by atomic mass is 10.0. The van der Waals surface area contributed by atoms with Crippen molar-refractivity contribution >= 4 is 32.4 Å². The van der Waals surface area contributed by atoms with Gasteiger partial charge in [0.15, 0.2) is 0 Å². The highest BCUT2D eigenvalue weighted by Crippen LogP contribution is 2.16. The van der Waals surface area contributed by atoms with Gasteiger partial charge in [-0.25, -0.2) is 13.8 Å². The Labute approximate surface area is 170 Å². The Balaban J connectivity index is 1.66. The number of carbonyl (C=O) groups is 1. The fourth-order valence-corrected chi connectivity index (χ4v) is 3.96. The van der Waals surface area contributed by atoms with E-state index in [4.69, 9.17) is 0 Å². The van der Waals surface area contributed by atoms with Crippen molar-refractivity contribution in [3.8, 4) is 0 Å². The second kappa shape index (κ2) is 8.55. The van der Waals surface area contributed by atoms with Crippen LogP contribution in [0.1, 0.15) is 18.1 Å². The molecule has 0 spiro atoms. The molecule has 7 heteroatoms. The van der Waals surface area contributed by atoms with Gasteiger partial charge in [0.1, 0.15) is 0 Å². The van der Waals surface area contributed by atoms with Gasteiger partial charge in [0.2, 0.25) is 10.0 Å². The topological polar surface area (TPSA) is 78.8 Å². The van der Waals surface area contributed by atoms with Crippen LogP contribution in [-0.4, -0.2) is 37.9 Å². The molecule has 0 aliphatic heterocycles. The molecule has 0 bridgehead atoms. The maximum Gasteiger partial charge on any atom is 0.255 e. The second-order valence-electron chi connectivity index (χ2n) is 6.87. The molecule has 6 nitrogen and oxygen atoms in total. The molecule has 29 heavy (non-hydrogen) atoms. The summed E-state index contributed by atoms with van der Waals surface area (Å²) in [6.45, 7) is 3.34. The molecule has 0 fully saturated rings. The molecule has 0 heterocycles. The molecule has 0 radical (unpaired) electrons. The Hall–Kier alpha value is -3.03. The molecular weight excluding hydrogens is 386 g/mol. The van der Waals surface area contributed by atoms with E-state index in [1.165, 1.54) is 19.2 Å². The predicted molar refractivity (Wildman–Crippen MR) is 115 cm³/mol. The quantitative estimate of drug-likeness (QED) is 0.501. The lowest BCUT2D eigenvalue weighted by Gasteiger charge is -2.16. The van der Waals surface area contributed by atoms with Crippen LogP contribution in [0.4, 0.5) is 0 Å². The molecule has 1 N–H and O–H groups in total. The molecule has 0 atom stereocenters. The maximum atomic E-state index is 12.6. The summed E-state index contributed by atoms with van der Waals surface area (Å²) >= 11 is 0. The summed E-state index contributed by atoms with van der Waals surface area (Å²) in [5, 5.41) is 6.32. The van der Waals surface area contributed by atoms with E-state index in [1.807, 2.05) is 49.4 Å². The number of nitrogens with zero attached hydrogens (tertiary/aromatic N) is 2. The van der Waals surface area contributed by atoms with Gasteiger partial charge in [0.25, 0.3) is 5.91 Å². The highest BCUT2D eigenvalue weighted by atomic mass is 32.2. The van der Waals surface area contributed by atoms with Crippen LogP contribution in [0.5, 0.6) is 0 Å². The zero-order chi connectivity index (χ0) is 21.0. The first-order valence-corrected chi connectivity index (χ1v) is 10.6. The first-order chi connectivity index (χ1) is 13.8. The number of sulfonamides is 1. The van der Waals surface area contributed by atoms with E-state index in [2.05, 4.69) is 10.5 Å². The molecule has 0 aliphatic rings. The number of aryl methyl sites for hydroxylation is 1. The van der Waals surface area contributed by atoms with E-state index in [-0.39, 0.29) is 11.4 Å². The van der Waals surface area contributed by atoms with Gasteiger partial charge in [-0.1, -0.05) is 54.1 Å². The summed E-state index contributed by atoms with van der Waals surface area (Å²) in [6, 6.07) is 20.4. The smallest absolute Gasteiger partial charge is 0.255 e. The SMILES string of the molecule is C/C(=N/NC(=O)CN(C)S(=O)(=O)c1ccc(C)cc1)c1ccc2ccccc2c1. The van der Waals surface area contributed by atoms with Gasteiger partial charge in [-0.15, -0.1) is 0 Å². The number of fused-ring (bicyclic) bond motifs is 1. The standard InChI is InChI=1S/C22H23N3O3S/c1-16-8-12-21(13-9-16)29(27,28)25(3)15-22(26)24-23-17(2)19-11-10-18-6-4-5-7-20(18)14-19/h4-14H,15H2,1-3H3,(H,24,26)/b23-17-. The van der Waals surface area contributed by atoms with Crippen LogP contribution >= 0.6 is 0 Å². The number of hydrazone groups is 1. The summed E-state index contributed by atoms with van der Waals surface area (Å²) in [4.78, 5) is 12.4. The van der Waals surface area contributed by atoms with E-state index in [9.17, 15) is 13.2 Å². The molecule has 3 aromatic carbocycles.